The van der Waals surface area contributed by atoms with E-state index < -0.39 is 11.7 Å². The molecule has 0 aromatic heterocycles. The third-order valence-corrected chi connectivity index (χ3v) is 4.48. The summed E-state index contributed by atoms with van der Waals surface area (Å²) in [5, 5.41) is 10.4. The summed E-state index contributed by atoms with van der Waals surface area (Å²) in [6.45, 7) is 0. The SMILES string of the molecule is COC1(C(O)Cc2ccc(F)c(Br)c2)CCCC1. The van der Waals surface area contributed by atoms with Gasteiger partial charge in [0.25, 0.3) is 0 Å². The summed E-state index contributed by atoms with van der Waals surface area (Å²) < 4.78 is 19.1. The average Bonchev–Trinajstić information content (AvgIpc) is 2.84. The largest absolute Gasteiger partial charge is 0.390 e. The number of methoxy groups -OCH3 is 1. The van der Waals surface area contributed by atoms with Crippen molar-refractivity contribution in [1.82, 2.24) is 0 Å². The molecular weight excluding hydrogens is 299 g/mol. The van der Waals surface area contributed by atoms with Gasteiger partial charge in [-0.15, -0.1) is 0 Å². The maximum atomic E-state index is 13.1. The Kier molecular flexibility index (Phi) is 4.41. The van der Waals surface area contributed by atoms with Crippen molar-refractivity contribution in [3.63, 3.8) is 0 Å². The van der Waals surface area contributed by atoms with Gasteiger partial charge < -0.3 is 9.84 Å². The molecule has 1 N–H and O–H groups in total. The molecule has 4 heteroatoms. The molecule has 1 atom stereocenters. The Labute approximate surface area is 115 Å². The lowest BCUT2D eigenvalue weighted by Crippen LogP contribution is -2.42. The number of ether oxygens (including phenoxy) is 1. The van der Waals surface area contributed by atoms with Gasteiger partial charge in [-0.1, -0.05) is 18.9 Å². The molecule has 1 aliphatic carbocycles. The fraction of sp³-hybridized carbons (Fsp3) is 0.571. The molecule has 1 fully saturated rings. The normalized spacial score (nSPS) is 20.0. The van der Waals surface area contributed by atoms with E-state index in [9.17, 15) is 9.50 Å². The van der Waals surface area contributed by atoms with Crippen LogP contribution in [0.1, 0.15) is 31.2 Å². The summed E-state index contributed by atoms with van der Waals surface area (Å²) in [5.41, 5.74) is 0.500. The van der Waals surface area contributed by atoms with E-state index in [-0.39, 0.29) is 5.82 Å². The molecule has 0 spiro atoms. The Hall–Kier alpha value is -0.450. The molecule has 1 unspecified atom stereocenters. The zero-order valence-corrected chi connectivity index (χ0v) is 12.0. The maximum absolute atomic E-state index is 13.1. The zero-order valence-electron chi connectivity index (χ0n) is 10.5. The first-order chi connectivity index (χ1) is 8.57. The van der Waals surface area contributed by atoms with Gasteiger partial charge in [0.05, 0.1) is 16.2 Å². The molecule has 0 radical (unpaired) electrons. The average molecular weight is 317 g/mol. The predicted molar refractivity (Wildman–Crippen MR) is 72.0 cm³/mol. The number of aliphatic hydroxyl groups is 1. The third kappa shape index (κ3) is 2.76. The number of aliphatic hydroxyl groups excluding tert-OH is 1. The Balaban J connectivity index is 2.10. The summed E-state index contributed by atoms with van der Waals surface area (Å²) in [6, 6.07) is 4.85. The van der Waals surface area contributed by atoms with Gasteiger partial charge >= 0.3 is 0 Å². The fourth-order valence-corrected chi connectivity index (χ4v) is 3.15. The number of hydrogen-bond donors (Lipinski definition) is 1. The van der Waals surface area contributed by atoms with Gasteiger partial charge in [-0.3, -0.25) is 0 Å². The molecule has 2 nitrogen and oxygen atoms in total. The van der Waals surface area contributed by atoms with Crippen LogP contribution in [0.4, 0.5) is 4.39 Å². The lowest BCUT2D eigenvalue weighted by Gasteiger charge is -2.33. The van der Waals surface area contributed by atoms with Crippen LogP contribution in [0, 0.1) is 5.82 Å². The second-order valence-electron chi connectivity index (χ2n) is 4.94. The smallest absolute Gasteiger partial charge is 0.137 e. The molecule has 18 heavy (non-hydrogen) atoms. The van der Waals surface area contributed by atoms with Crippen LogP contribution in [0.3, 0.4) is 0 Å². The molecule has 1 aromatic rings. The van der Waals surface area contributed by atoms with E-state index >= 15 is 0 Å². The molecule has 1 aromatic carbocycles. The van der Waals surface area contributed by atoms with Gasteiger partial charge in [-0.25, -0.2) is 4.39 Å². The Morgan fingerprint density at radius 3 is 2.67 bits per heavy atom. The highest BCUT2D eigenvalue weighted by Gasteiger charge is 2.40. The van der Waals surface area contributed by atoms with Crippen molar-refractivity contribution in [2.24, 2.45) is 0 Å². The number of rotatable bonds is 4. The van der Waals surface area contributed by atoms with Gasteiger partial charge in [0.15, 0.2) is 0 Å². The molecule has 100 valence electrons. The van der Waals surface area contributed by atoms with E-state index in [1.54, 1.807) is 19.2 Å². The van der Waals surface area contributed by atoms with Crippen molar-refractivity contribution in [3.05, 3.63) is 34.1 Å². The van der Waals surface area contributed by atoms with E-state index in [1.165, 1.54) is 6.07 Å². The van der Waals surface area contributed by atoms with Crippen molar-refractivity contribution in [3.8, 4) is 0 Å². The summed E-state index contributed by atoms with van der Waals surface area (Å²) in [7, 11) is 1.66. The van der Waals surface area contributed by atoms with Gasteiger partial charge in [-0.05, 0) is 46.5 Å². The van der Waals surface area contributed by atoms with Crippen LogP contribution in [0.5, 0.6) is 0 Å². The van der Waals surface area contributed by atoms with Crippen molar-refractivity contribution in [2.45, 2.75) is 43.8 Å². The highest BCUT2D eigenvalue weighted by atomic mass is 79.9. The van der Waals surface area contributed by atoms with Gasteiger partial charge in [0.1, 0.15) is 5.82 Å². The summed E-state index contributed by atoms with van der Waals surface area (Å²) >= 11 is 3.16. The van der Waals surface area contributed by atoms with E-state index in [0.717, 1.165) is 31.2 Å². The zero-order chi connectivity index (χ0) is 13.2. The first-order valence-electron chi connectivity index (χ1n) is 6.24. The summed E-state index contributed by atoms with van der Waals surface area (Å²) in [6.07, 6.45) is 3.94. The van der Waals surface area contributed by atoms with Gasteiger partial charge in [0.2, 0.25) is 0 Å². The topological polar surface area (TPSA) is 29.5 Å². The number of benzene rings is 1. The minimum Gasteiger partial charge on any atom is -0.390 e. The van der Waals surface area contributed by atoms with Crippen LogP contribution in [0.15, 0.2) is 22.7 Å². The van der Waals surface area contributed by atoms with E-state index in [1.807, 2.05) is 0 Å². The summed E-state index contributed by atoms with van der Waals surface area (Å²) in [4.78, 5) is 0. The highest BCUT2D eigenvalue weighted by molar-refractivity contribution is 9.10. The standard InChI is InChI=1S/C14H18BrFO2/c1-18-14(6-2-3-7-14)13(17)9-10-4-5-12(16)11(15)8-10/h4-5,8,13,17H,2-3,6-7,9H2,1H3. The quantitative estimate of drug-likeness (QED) is 0.922. The van der Waals surface area contributed by atoms with Gasteiger partial charge in [0, 0.05) is 13.5 Å². The third-order valence-electron chi connectivity index (χ3n) is 3.88. The fourth-order valence-electron chi connectivity index (χ4n) is 2.72. The van der Waals surface area contributed by atoms with Crippen molar-refractivity contribution < 1.29 is 14.2 Å². The van der Waals surface area contributed by atoms with Crippen LogP contribution in [-0.4, -0.2) is 23.9 Å². The molecule has 1 aliphatic rings. The predicted octanol–water partition coefficient (Wildman–Crippen LogP) is 3.45. The summed E-state index contributed by atoms with van der Waals surface area (Å²) in [5.74, 6) is -0.282. The van der Waals surface area contributed by atoms with Gasteiger partial charge in [-0.2, -0.15) is 0 Å². The second-order valence-corrected chi connectivity index (χ2v) is 5.80. The molecule has 1 saturated carbocycles. The monoisotopic (exact) mass is 316 g/mol. The van der Waals surface area contributed by atoms with Crippen LogP contribution in [0.2, 0.25) is 0 Å². The first-order valence-corrected chi connectivity index (χ1v) is 7.04. The number of halogens is 2. The van der Waals surface area contributed by atoms with Crippen LogP contribution in [0.25, 0.3) is 0 Å². The van der Waals surface area contributed by atoms with Crippen LogP contribution in [-0.2, 0) is 11.2 Å². The molecule has 0 saturated heterocycles. The van der Waals surface area contributed by atoms with E-state index in [4.69, 9.17) is 4.74 Å². The van der Waals surface area contributed by atoms with Crippen LogP contribution >= 0.6 is 15.9 Å². The lowest BCUT2D eigenvalue weighted by atomic mass is 9.90. The lowest BCUT2D eigenvalue weighted by molar-refractivity contribution is -0.0971. The molecule has 2 rings (SSSR count). The van der Waals surface area contributed by atoms with Crippen molar-refractivity contribution in [2.75, 3.05) is 7.11 Å². The molecule has 0 heterocycles. The van der Waals surface area contributed by atoms with E-state index in [2.05, 4.69) is 15.9 Å². The minimum absolute atomic E-state index is 0.282. The Morgan fingerprint density at radius 2 is 2.11 bits per heavy atom. The highest BCUT2D eigenvalue weighted by Crippen LogP contribution is 2.37. The maximum Gasteiger partial charge on any atom is 0.137 e. The van der Waals surface area contributed by atoms with Crippen molar-refractivity contribution in [1.29, 1.82) is 0 Å². The Bertz CT molecular complexity index is 416. The molecular formula is C14H18BrFO2. The van der Waals surface area contributed by atoms with E-state index in [0.29, 0.717) is 10.9 Å². The molecule has 0 aliphatic heterocycles. The van der Waals surface area contributed by atoms with Crippen molar-refractivity contribution >= 4 is 15.9 Å². The minimum atomic E-state index is -0.539. The second kappa shape index (κ2) is 5.68. The molecule has 0 bridgehead atoms. The first kappa shape index (κ1) is 14.0. The number of hydrogen-bond acceptors (Lipinski definition) is 2. The molecule has 0 amide bonds. The Morgan fingerprint density at radius 1 is 1.44 bits per heavy atom. The van der Waals surface area contributed by atoms with Crippen LogP contribution < -0.4 is 0 Å².